The van der Waals surface area contributed by atoms with Crippen LogP contribution in [0, 0.1) is 0 Å². The van der Waals surface area contributed by atoms with Gasteiger partial charge in [0.15, 0.2) is 0 Å². The third-order valence-electron chi connectivity index (χ3n) is 3.49. The Morgan fingerprint density at radius 1 is 0.850 bits per heavy atom. The normalized spacial score (nSPS) is 14.0. The van der Waals surface area contributed by atoms with Crippen molar-refractivity contribution in [2.75, 3.05) is 6.26 Å². The molecule has 1 unspecified atom stereocenters. The van der Waals surface area contributed by atoms with Crippen molar-refractivity contribution >= 4 is 23.4 Å². The Morgan fingerprint density at radius 3 is 1.75 bits per heavy atom. The van der Waals surface area contributed by atoms with Crippen molar-refractivity contribution in [3.63, 3.8) is 0 Å². The van der Waals surface area contributed by atoms with Crippen LogP contribution in [0.1, 0.15) is 37.1 Å². The number of thioether (sulfide) groups is 1. The third kappa shape index (κ3) is 4.02. The minimum atomic E-state index is 0.294. The maximum atomic E-state index is 5.92. The summed E-state index contributed by atoms with van der Waals surface area (Å²) in [4.78, 5) is 1.30. The van der Waals surface area contributed by atoms with Crippen molar-refractivity contribution < 1.29 is 0 Å². The van der Waals surface area contributed by atoms with Crippen LogP contribution < -0.4 is 5.32 Å². The zero-order valence-electron chi connectivity index (χ0n) is 12.1. The Hall–Kier alpha value is -0.960. The van der Waals surface area contributed by atoms with E-state index in [-0.39, 0.29) is 0 Å². The lowest BCUT2D eigenvalue weighted by Gasteiger charge is -2.21. The van der Waals surface area contributed by atoms with Gasteiger partial charge < -0.3 is 5.32 Å². The fourth-order valence-corrected chi connectivity index (χ4v) is 2.75. The number of hydrogen-bond acceptors (Lipinski definition) is 2. The van der Waals surface area contributed by atoms with Gasteiger partial charge in [0, 0.05) is 22.0 Å². The molecule has 0 saturated carbocycles. The van der Waals surface area contributed by atoms with Crippen molar-refractivity contribution in [1.82, 2.24) is 5.32 Å². The van der Waals surface area contributed by atoms with E-state index >= 15 is 0 Å². The summed E-state index contributed by atoms with van der Waals surface area (Å²) in [7, 11) is 0. The topological polar surface area (TPSA) is 12.0 Å². The van der Waals surface area contributed by atoms with E-state index in [1.165, 1.54) is 16.0 Å². The highest BCUT2D eigenvalue weighted by Crippen LogP contribution is 2.22. The van der Waals surface area contributed by atoms with Gasteiger partial charge in [-0.1, -0.05) is 35.9 Å². The molecule has 0 fully saturated rings. The Labute approximate surface area is 130 Å². The zero-order valence-corrected chi connectivity index (χ0v) is 13.6. The highest BCUT2D eigenvalue weighted by Gasteiger charge is 2.11. The second kappa shape index (κ2) is 7.16. The summed E-state index contributed by atoms with van der Waals surface area (Å²) < 4.78 is 0. The number of halogens is 1. The SMILES string of the molecule is CSc1ccc(C(C)N[C@H](C)c2ccc(Cl)cc2)cc1. The highest BCUT2D eigenvalue weighted by molar-refractivity contribution is 7.98. The molecule has 20 heavy (non-hydrogen) atoms. The Bertz CT molecular complexity index is 536. The summed E-state index contributed by atoms with van der Waals surface area (Å²) in [6, 6.07) is 17.4. The van der Waals surface area contributed by atoms with Crippen molar-refractivity contribution in [1.29, 1.82) is 0 Å². The zero-order chi connectivity index (χ0) is 14.5. The van der Waals surface area contributed by atoms with Gasteiger partial charge in [-0.25, -0.2) is 0 Å². The number of hydrogen-bond donors (Lipinski definition) is 1. The van der Waals surface area contributed by atoms with Crippen LogP contribution in [0.25, 0.3) is 0 Å². The van der Waals surface area contributed by atoms with Crippen LogP contribution in [0.2, 0.25) is 5.02 Å². The average molecular weight is 306 g/mol. The first-order valence-corrected chi connectivity index (χ1v) is 8.36. The Balaban J connectivity index is 2.02. The van der Waals surface area contributed by atoms with Crippen molar-refractivity contribution in [2.45, 2.75) is 30.8 Å². The average Bonchev–Trinajstić information content (AvgIpc) is 2.48. The van der Waals surface area contributed by atoms with Gasteiger partial charge in [-0.05, 0) is 55.5 Å². The van der Waals surface area contributed by atoms with Gasteiger partial charge in [-0.3, -0.25) is 0 Å². The van der Waals surface area contributed by atoms with Crippen molar-refractivity contribution in [3.8, 4) is 0 Å². The van der Waals surface area contributed by atoms with Crippen LogP contribution >= 0.6 is 23.4 Å². The fraction of sp³-hybridized carbons (Fsp3) is 0.294. The molecule has 0 aliphatic carbocycles. The van der Waals surface area contributed by atoms with Gasteiger partial charge >= 0.3 is 0 Å². The predicted octanol–water partition coefficient (Wildman–Crippen LogP) is 5.47. The van der Waals surface area contributed by atoms with E-state index in [4.69, 9.17) is 11.6 Å². The second-order valence-electron chi connectivity index (χ2n) is 4.93. The molecule has 2 aromatic rings. The standard InChI is InChI=1S/C17H20ClNS/c1-12(14-4-8-16(18)9-5-14)19-13(2)15-6-10-17(20-3)11-7-15/h4-13,19H,1-3H3/t12-,13?/m1/s1. The van der Waals surface area contributed by atoms with Gasteiger partial charge in [0.1, 0.15) is 0 Å². The first-order valence-electron chi connectivity index (χ1n) is 6.75. The van der Waals surface area contributed by atoms with Gasteiger partial charge in [0.2, 0.25) is 0 Å². The van der Waals surface area contributed by atoms with Crippen molar-refractivity contribution in [2.24, 2.45) is 0 Å². The van der Waals surface area contributed by atoms with E-state index < -0.39 is 0 Å². The molecule has 2 rings (SSSR count). The molecule has 106 valence electrons. The maximum Gasteiger partial charge on any atom is 0.0406 e. The van der Waals surface area contributed by atoms with Crippen LogP contribution in [0.3, 0.4) is 0 Å². The van der Waals surface area contributed by atoms with E-state index in [0.29, 0.717) is 12.1 Å². The largest absolute Gasteiger partial charge is 0.304 e. The van der Waals surface area contributed by atoms with Gasteiger partial charge in [-0.15, -0.1) is 11.8 Å². The molecule has 2 aromatic carbocycles. The quantitative estimate of drug-likeness (QED) is 0.735. The molecule has 3 heteroatoms. The van der Waals surface area contributed by atoms with Crippen LogP contribution in [0.5, 0.6) is 0 Å². The summed E-state index contributed by atoms with van der Waals surface area (Å²) in [5.41, 5.74) is 2.56. The number of nitrogens with one attached hydrogen (secondary N) is 1. The molecular weight excluding hydrogens is 286 g/mol. The molecule has 0 spiro atoms. The molecule has 0 radical (unpaired) electrons. The molecule has 0 amide bonds. The number of benzene rings is 2. The summed E-state index contributed by atoms with van der Waals surface area (Å²) in [5.74, 6) is 0. The molecule has 0 aromatic heterocycles. The number of rotatable bonds is 5. The molecule has 0 saturated heterocycles. The van der Waals surface area contributed by atoms with Gasteiger partial charge in [0.05, 0.1) is 0 Å². The fourth-order valence-electron chi connectivity index (χ4n) is 2.21. The van der Waals surface area contributed by atoms with Crippen LogP contribution in [0.15, 0.2) is 53.4 Å². The maximum absolute atomic E-state index is 5.92. The summed E-state index contributed by atoms with van der Waals surface area (Å²) in [5, 5.41) is 4.40. The monoisotopic (exact) mass is 305 g/mol. The minimum Gasteiger partial charge on any atom is -0.304 e. The Morgan fingerprint density at radius 2 is 1.30 bits per heavy atom. The smallest absolute Gasteiger partial charge is 0.0406 e. The summed E-state index contributed by atoms with van der Waals surface area (Å²) >= 11 is 7.69. The highest BCUT2D eigenvalue weighted by atomic mass is 35.5. The van der Waals surface area contributed by atoms with E-state index in [9.17, 15) is 0 Å². The van der Waals surface area contributed by atoms with Gasteiger partial charge in [0.25, 0.3) is 0 Å². The van der Waals surface area contributed by atoms with Crippen LogP contribution in [-0.4, -0.2) is 6.26 Å². The van der Waals surface area contributed by atoms with Crippen LogP contribution in [0.4, 0.5) is 0 Å². The van der Waals surface area contributed by atoms with E-state index in [2.05, 4.69) is 61.8 Å². The minimum absolute atomic E-state index is 0.294. The molecule has 1 N–H and O–H groups in total. The first-order chi connectivity index (χ1) is 9.60. The molecule has 0 bridgehead atoms. The van der Waals surface area contributed by atoms with Gasteiger partial charge in [-0.2, -0.15) is 0 Å². The molecular formula is C17H20ClNS. The molecule has 0 heterocycles. The van der Waals surface area contributed by atoms with Crippen LogP contribution in [-0.2, 0) is 0 Å². The third-order valence-corrected chi connectivity index (χ3v) is 4.48. The lowest BCUT2D eigenvalue weighted by Crippen LogP contribution is -2.22. The van der Waals surface area contributed by atoms with E-state index in [1.807, 2.05) is 12.1 Å². The molecule has 0 aliphatic heterocycles. The Kier molecular flexibility index (Phi) is 5.53. The predicted molar refractivity (Wildman–Crippen MR) is 89.6 cm³/mol. The lowest BCUT2D eigenvalue weighted by atomic mass is 10.0. The lowest BCUT2D eigenvalue weighted by molar-refractivity contribution is 0.494. The summed E-state index contributed by atoms with van der Waals surface area (Å²) in [6.07, 6.45) is 2.10. The van der Waals surface area contributed by atoms with E-state index in [0.717, 1.165) is 5.02 Å². The second-order valence-corrected chi connectivity index (χ2v) is 6.25. The van der Waals surface area contributed by atoms with E-state index in [1.54, 1.807) is 11.8 Å². The molecule has 2 atom stereocenters. The molecule has 1 nitrogen and oxygen atoms in total. The van der Waals surface area contributed by atoms with Crippen molar-refractivity contribution in [3.05, 3.63) is 64.7 Å². The summed E-state index contributed by atoms with van der Waals surface area (Å²) in [6.45, 7) is 4.37. The molecule has 0 aliphatic rings. The first kappa shape index (κ1) is 15.4.